The van der Waals surface area contributed by atoms with Crippen molar-refractivity contribution in [2.75, 3.05) is 32.8 Å². The molecule has 0 aromatic heterocycles. The fraction of sp³-hybridized carbons (Fsp3) is 0.857. The Morgan fingerprint density at radius 3 is 2.26 bits per heavy atom. The SMILES string of the molecule is CCOC(=O)CC1(C(=O)OCC)CN2CCC1CC2. The molecule has 1 atom stereocenters. The highest BCUT2D eigenvalue weighted by atomic mass is 16.5. The first-order valence-corrected chi connectivity index (χ1v) is 7.17. The summed E-state index contributed by atoms with van der Waals surface area (Å²) in [6.07, 6.45) is 2.09. The number of esters is 2. The molecule has 3 heterocycles. The van der Waals surface area contributed by atoms with Gasteiger partial charge in [-0.15, -0.1) is 0 Å². The van der Waals surface area contributed by atoms with Gasteiger partial charge in [0.1, 0.15) is 0 Å². The number of carbonyl (C=O) groups excluding carboxylic acids is 2. The summed E-state index contributed by atoms with van der Waals surface area (Å²) in [6.45, 7) is 6.98. The molecule has 3 aliphatic rings. The third kappa shape index (κ3) is 2.76. The first-order chi connectivity index (χ1) is 9.12. The zero-order chi connectivity index (χ0) is 13.9. The zero-order valence-electron chi connectivity index (χ0n) is 11.8. The molecule has 1 unspecified atom stereocenters. The quantitative estimate of drug-likeness (QED) is 0.702. The van der Waals surface area contributed by atoms with Gasteiger partial charge in [0.05, 0.1) is 25.0 Å². The molecule has 3 aliphatic heterocycles. The predicted molar refractivity (Wildman–Crippen MR) is 69.5 cm³/mol. The molecule has 3 fully saturated rings. The second-order valence-corrected chi connectivity index (χ2v) is 5.41. The number of ether oxygens (including phenoxy) is 2. The number of carbonyl (C=O) groups is 2. The van der Waals surface area contributed by atoms with Crippen LogP contribution in [0.4, 0.5) is 0 Å². The van der Waals surface area contributed by atoms with Crippen molar-refractivity contribution in [2.45, 2.75) is 33.1 Å². The van der Waals surface area contributed by atoms with E-state index in [0.717, 1.165) is 25.9 Å². The molecular formula is C14H23NO4. The molecule has 0 N–H and O–H groups in total. The smallest absolute Gasteiger partial charge is 0.314 e. The van der Waals surface area contributed by atoms with Crippen molar-refractivity contribution in [2.24, 2.45) is 11.3 Å². The van der Waals surface area contributed by atoms with Gasteiger partial charge in [-0.25, -0.2) is 0 Å². The molecule has 0 aliphatic carbocycles. The highest BCUT2D eigenvalue weighted by Gasteiger charge is 2.54. The maximum absolute atomic E-state index is 12.4. The summed E-state index contributed by atoms with van der Waals surface area (Å²) < 4.78 is 10.3. The molecule has 5 heteroatoms. The van der Waals surface area contributed by atoms with E-state index in [1.54, 1.807) is 13.8 Å². The summed E-state index contributed by atoms with van der Waals surface area (Å²) in [5.74, 6) is -0.261. The van der Waals surface area contributed by atoms with Gasteiger partial charge >= 0.3 is 11.9 Å². The van der Waals surface area contributed by atoms with Crippen LogP contribution < -0.4 is 0 Å². The van der Waals surface area contributed by atoms with E-state index < -0.39 is 5.41 Å². The fourth-order valence-corrected chi connectivity index (χ4v) is 3.42. The van der Waals surface area contributed by atoms with E-state index in [2.05, 4.69) is 4.90 Å². The van der Waals surface area contributed by atoms with Gasteiger partial charge in [-0.05, 0) is 45.7 Å². The minimum atomic E-state index is -0.682. The molecule has 0 saturated carbocycles. The van der Waals surface area contributed by atoms with Crippen molar-refractivity contribution < 1.29 is 19.1 Å². The van der Waals surface area contributed by atoms with Crippen molar-refractivity contribution in [3.05, 3.63) is 0 Å². The fourth-order valence-electron chi connectivity index (χ4n) is 3.42. The topological polar surface area (TPSA) is 55.8 Å². The van der Waals surface area contributed by atoms with Crippen molar-refractivity contribution in [3.8, 4) is 0 Å². The van der Waals surface area contributed by atoms with Gasteiger partial charge in [0.15, 0.2) is 0 Å². The van der Waals surface area contributed by atoms with Crippen molar-refractivity contribution in [3.63, 3.8) is 0 Å². The molecule has 0 aromatic rings. The Hall–Kier alpha value is -1.10. The number of piperidine rings is 3. The molecule has 0 aromatic carbocycles. The number of rotatable bonds is 5. The average Bonchev–Trinajstić information content (AvgIpc) is 2.40. The third-order valence-electron chi connectivity index (χ3n) is 4.32. The summed E-state index contributed by atoms with van der Waals surface area (Å²) in [7, 11) is 0. The highest BCUT2D eigenvalue weighted by molar-refractivity contribution is 5.84. The summed E-state index contributed by atoms with van der Waals surface area (Å²) >= 11 is 0. The lowest BCUT2D eigenvalue weighted by atomic mass is 9.64. The summed E-state index contributed by atoms with van der Waals surface area (Å²) in [4.78, 5) is 26.5. The van der Waals surface area contributed by atoms with E-state index in [1.807, 2.05) is 0 Å². The standard InChI is InChI=1S/C14H23NO4/c1-3-18-12(16)9-14(13(17)19-4-2)10-15-7-5-11(14)6-8-15/h11H,3-10H2,1-2H3. The van der Waals surface area contributed by atoms with Crippen LogP contribution in [0.15, 0.2) is 0 Å². The lowest BCUT2D eigenvalue weighted by molar-refractivity contribution is -0.176. The minimum absolute atomic E-state index is 0.154. The van der Waals surface area contributed by atoms with E-state index in [1.165, 1.54) is 0 Å². The largest absolute Gasteiger partial charge is 0.466 e. The highest BCUT2D eigenvalue weighted by Crippen LogP contribution is 2.45. The average molecular weight is 269 g/mol. The number of fused-ring (bicyclic) bond motifs is 3. The van der Waals surface area contributed by atoms with Gasteiger partial charge in [0.25, 0.3) is 0 Å². The molecule has 2 bridgehead atoms. The van der Waals surface area contributed by atoms with Crippen LogP contribution in [-0.2, 0) is 19.1 Å². The van der Waals surface area contributed by atoms with Crippen LogP contribution in [0.5, 0.6) is 0 Å². The molecule has 3 saturated heterocycles. The third-order valence-corrected chi connectivity index (χ3v) is 4.32. The molecule has 0 spiro atoms. The van der Waals surface area contributed by atoms with Gasteiger partial charge in [-0.1, -0.05) is 0 Å². The van der Waals surface area contributed by atoms with Crippen molar-refractivity contribution >= 4 is 11.9 Å². The molecule has 3 rings (SSSR count). The monoisotopic (exact) mass is 269 g/mol. The lowest BCUT2D eigenvalue weighted by Crippen LogP contribution is -2.59. The van der Waals surface area contributed by atoms with Gasteiger partial charge < -0.3 is 14.4 Å². The van der Waals surface area contributed by atoms with E-state index in [4.69, 9.17) is 9.47 Å². The second kappa shape index (κ2) is 5.90. The van der Waals surface area contributed by atoms with Gasteiger partial charge in [0, 0.05) is 6.54 Å². The van der Waals surface area contributed by atoms with E-state index in [0.29, 0.717) is 19.8 Å². The Morgan fingerprint density at radius 2 is 1.79 bits per heavy atom. The van der Waals surface area contributed by atoms with Crippen LogP contribution in [0.25, 0.3) is 0 Å². The number of hydrogen-bond acceptors (Lipinski definition) is 5. The van der Waals surface area contributed by atoms with E-state index >= 15 is 0 Å². The Morgan fingerprint density at radius 1 is 1.16 bits per heavy atom. The Balaban J connectivity index is 2.18. The van der Waals surface area contributed by atoms with Crippen LogP contribution in [-0.4, -0.2) is 49.7 Å². The lowest BCUT2D eigenvalue weighted by Gasteiger charge is -2.51. The summed E-state index contributed by atoms with van der Waals surface area (Å²) in [5, 5.41) is 0. The Kier molecular flexibility index (Phi) is 4.45. The maximum Gasteiger partial charge on any atom is 0.314 e. The van der Waals surface area contributed by atoms with Crippen LogP contribution in [0, 0.1) is 11.3 Å². The molecule has 0 radical (unpaired) electrons. The molecule has 19 heavy (non-hydrogen) atoms. The van der Waals surface area contributed by atoms with Crippen molar-refractivity contribution in [1.82, 2.24) is 4.90 Å². The van der Waals surface area contributed by atoms with Gasteiger partial charge in [-0.2, -0.15) is 0 Å². The molecule has 0 amide bonds. The van der Waals surface area contributed by atoms with Gasteiger partial charge in [0.2, 0.25) is 0 Å². The van der Waals surface area contributed by atoms with E-state index in [9.17, 15) is 9.59 Å². The first kappa shape index (κ1) is 14.3. The van der Waals surface area contributed by atoms with Crippen LogP contribution in [0.1, 0.15) is 33.1 Å². The number of nitrogens with zero attached hydrogens (tertiary/aromatic N) is 1. The van der Waals surface area contributed by atoms with Crippen LogP contribution in [0.3, 0.4) is 0 Å². The summed E-state index contributed by atoms with van der Waals surface area (Å²) in [6, 6.07) is 0. The molecule has 5 nitrogen and oxygen atoms in total. The van der Waals surface area contributed by atoms with Crippen LogP contribution >= 0.6 is 0 Å². The summed E-state index contributed by atoms with van der Waals surface area (Å²) in [5.41, 5.74) is -0.682. The molecular weight excluding hydrogens is 246 g/mol. The Bertz CT molecular complexity index is 349. The van der Waals surface area contributed by atoms with Crippen molar-refractivity contribution in [1.29, 1.82) is 0 Å². The normalized spacial score (nSPS) is 32.9. The minimum Gasteiger partial charge on any atom is -0.466 e. The predicted octanol–water partition coefficient (Wildman–Crippen LogP) is 1.21. The molecule has 108 valence electrons. The second-order valence-electron chi connectivity index (χ2n) is 5.41. The Labute approximate surface area is 114 Å². The van der Waals surface area contributed by atoms with E-state index in [-0.39, 0.29) is 24.3 Å². The zero-order valence-corrected chi connectivity index (χ0v) is 11.8. The van der Waals surface area contributed by atoms with Crippen LogP contribution in [0.2, 0.25) is 0 Å². The first-order valence-electron chi connectivity index (χ1n) is 7.17. The number of hydrogen-bond donors (Lipinski definition) is 0. The maximum atomic E-state index is 12.4. The van der Waals surface area contributed by atoms with Gasteiger partial charge in [-0.3, -0.25) is 9.59 Å².